The minimum Gasteiger partial charge on any atom is -0.393 e. The lowest BCUT2D eigenvalue weighted by Gasteiger charge is -2.58. The fourth-order valence-electron chi connectivity index (χ4n) is 7.99. The Balaban J connectivity index is 1.57. The Kier molecular flexibility index (Phi) is 3.01. The van der Waals surface area contributed by atoms with Crippen LogP contribution in [0.1, 0.15) is 71.6 Å². The average Bonchev–Trinajstić information content (AvgIpc) is 2.99. The molecule has 3 saturated carbocycles. The highest BCUT2D eigenvalue weighted by molar-refractivity contribution is 5.38. The molecule has 1 heterocycles. The van der Waals surface area contributed by atoms with Gasteiger partial charge in [-0.15, -0.1) is 0 Å². The number of fused-ring (bicyclic) bond motifs is 1. The predicted octanol–water partition coefficient (Wildman–Crippen LogP) is 4.47. The van der Waals surface area contributed by atoms with Crippen molar-refractivity contribution in [1.29, 1.82) is 0 Å². The van der Waals surface area contributed by atoms with E-state index in [-0.39, 0.29) is 17.1 Å². The third-order valence-electron chi connectivity index (χ3n) is 8.98. The molecule has 0 aromatic heterocycles. The van der Waals surface area contributed by atoms with Crippen molar-refractivity contribution in [3.05, 3.63) is 11.6 Å². The maximum absolute atomic E-state index is 10.3. The molecule has 2 bridgehead atoms. The molecule has 1 saturated heterocycles. The summed E-state index contributed by atoms with van der Waals surface area (Å²) in [6, 6.07) is 0. The van der Waals surface area contributed by atoms with Gasteiger partial charge in [0.25, 0.3) is 0 Å². The average molecular weight is 316 g/mol. The molecule has 0 aromatic rings. The Hall–Kier alpha value is -0.340. The van der Waals surface area contributed by atoms with Crippen molar-refractivity contribution in [2.24, 2.45) is 28.6 Å². The van der Waals surface area contributed by atoms with E-state index in [4.69, 9.17) is 4.74 Å². The Bertz CT molecular complexity index is 548. The van der Waals surface area contributed by atoms with Crippen molar-refractivity contribution in [3.63, 3.8) is 0 Å². The summed E-state index contributed by atoms with van der Waals surface area (Å²) in [5.41, 5.74) is 2.33. The lowest BCUT2D eigenvalue weighted by molar-refractivity contribution is -0.0789. The number of hydrogen-bond acceptors (Lipinski definition) is 2. The van der Waals surface area contributed by atoms with Crippen LogP contribution in [0.4, 0.5) is 0 Å². The molecule has 2 nitrogen and oxygen atoms in total. The van der Waals surface area contributed by atoms with E-state index >= 15 is 0 Å². The Morgan fingerprint density at radius 1 is 1.17 bits per heavy atom. The number of ether oxygens (including phenoxy) is 1. The Morgan fingerprint density at radius 3 is 2.87 bits per heavy atom. The molecule has 0 aromatic carbocycles. The zero-order chi connectivity index (χ0) is 15.9. The van der Waals surface area contributed by atoms with Gasteiger partial charge in [0.05, 0.1) is 18.3 Å². The first kappa shape index (κ1) is 15.0. The van der Waals surface area contributed by atoms with E-state index in [1.807, 2.05) is 6.92 Å². The molecule has 4 aliphatic carbocycles. The maximum atomic E-state index is 10.3. The van der Waals surface area contributed by atoms with E-state index in [2.05, 4.69) is 13.0 Å². The van der Waals surface area contributed by atoms with Crippen molar-refractivity contribution in [1.82, 2.24) is 0 Å². The molecule has 7 atom stereocenters. The molecule has 1 unspecified atom stereocenters. The molecule has 128 valence electrons. The van der Waals surface area contributed by atoms with Crippen molar-refractivity contribution in [2.45, 2.75) is 83.3 Å². The molecule has 5 aliphatic rings. The van der Waals surface area contributed by atoms with E-state index in [9.17, 15) is 5.11 Å². The molecule has 4 fully saturated rings. The normalized spacial score (nSPS) is 55.6. The smallest absolute Gasteiger partial charge is 0.0931 e. The van der Waals surface area contributed by atoms with Crippen molar-refractivity contribution in [3.8, 4) is 0 Å². The van der Waals surface area contributed by atoms with E-state index in [1.54, 1.807) is 5.57 Å². The first-order chi connectivity index (χ1) is 11.0. The van der Waals surface area contributed by atoms with Crippen molar-refractivity contribution < 1.29 is 9.84 Å². The topological polar surface area (TPSA) is 29.5 Å². The highest BCUT2D eigenvalue weighted by Gasteiger charge is 2.69. The molecule has 1 spiro atoms. The molecule has 0 amide bonds. The summed E-state index contributed by atoms with van der Waals surface area (Å²) < 4.78 is 6.79. The zero-order valence-electron chi connectivity index (χ0n) is 14.8. The van der Waals surface area contributed by atoms with Gasteiger partial charge in [0.1, 0.15) is 0 Å². The summed E-state index contributed by atoms with van der Waals surface area (Å²) in [6.07, 6.45) is 14.3. The van der Waals surface area contributed by atoms with Crippen LogP contribution in [-0.2, 0) is 4.74 Å². The predicted molar refractivity (Wildman–Crippen MR) is 91.0 cm³/mol. The van der Waals surface area contributed by atoms with Gasteiger partial charge >= 0.3 is 0 Å². The third kappa shape index (κ3) is 1.63. The van der Waals surface area contributed by atoms with Crippen LogP contribution in [0.2, 0.25) is 0 Å². The summed E-state index contributed by atoms with van der Waals surface area (Å²) in [4.78, 5) is 0. The summed E-state index contributed by atoms with van der Waals surface area (Å²) in [6.45, 7) is 5.44. The van der Waals surface area contributed by atoms with Gasteiger partial charge in [-0.25, -0.2) is 0 Å². The summed E-state index contributed by atoms with van der Waals surface area (Å²) in [5.74, 6) is 2.09. The second kappa shape index (κ2) is 4.64. The van der Waals surface area contributed by atoms with Gasteiger partial charge in [0.2, 0.25) is 0 Å². The Labute approximate surface area is 140 Å². The number of aliphatic hydroxyl groups is 1. The lowest BCUT2D eigenvalue weighted by atomic mass is 9.45. The lowest BCUT2D eigenvalue weighted by Crippen LogP contribution is -2.57. The third-order valence-corrected chi connectivity index (χ3v) is 8.98. The standard InChI is InChI=1S/C21H32O2/c1-14(22)16-6-7-17-19(16,2)11-9-18-20-10-4-3-5-15(20)8-12-21(17,18)23-13-20/h7,14-16,18,22H,3-6,8-13H2,1-2H3/t14?,15-,16-,18-,19-,20-,21-/m1/s1. The maximum Gasteiger partial charge on any atom is 0.0931 e. The van der Waals surface area contributed by atoms with Crippen LogP contribution in [-0.4, -0.2) is 23.4 Å². The van der Waals surface area contributed by atoms with Gasteiger partial charge in [-0.05, 0) is 80.6 Å². The fraction of sp³-hybridized carbons (Fsp3) is 0.905. The van der Waals surface area contributed by atoms with E-state index in [0.717, 1.165) is 24.9 Å². The van der Waals surface area contributed by atoms with Crippen molar-refractivity contribution >= 4 is 0 Å². The highest BCUT2D eigenvalue weighted by atomic mass is 16.5. The summed E-state index contributed by atoms with van der Waals surface area (Å²) >= 11 is 0. The number of hydrogen-bond donors (Lipinski definition) is 1. The molecule has 2 heteroatoms. The molecule has 5 rings (SSSR count). The van der Waals surface area contributed by atoms with E-state index < -0.39 is 0 Å². The molecule has 0 radical (unpaired) electrons. The Morgan fingerprint density at radius 2 is 2.04 bits per heavy atom. The molecular weight excluding hydrogens is 284 g/mol. The molecule has 1 N–H and O–H groups in total. The second-order valence-corrected chi connectivity index (χ2v) is 9.60. The monoisotopic (exact) mass is 316 g/mol. The largest absolute Gasteiger partial charge is 0.393 e. The van der Waals surface area contributed by atoms with Gasteiger partial charge in [-0.3, -0.25) is 0 Å². The number of aliphatic hydroxyl groups excluding tert-OH is 1. The van der Waals surface area contributed by atoms with Crippen LogP contribution >= 0.6 is 0 Å². The van der Waals surface area contributed by atoms with Crippen molar-refractivity contribution in [2.75, 3.05) is 6.61 Å². The van der Waals surface area contributed by atoms with E-state index in [0.29, 0.717) is 11.3 Å². The van der Waals surface area contributed by atoms with Gasteiger partial charge in [0, 0.05) is 5.41 Å². The second-order valence-electron chi connectivity index (χ2n) is 9.60. The molecule has 1 aliphatic heterocycles. The van der Waals surface area contributed by atoms with Crippen LogP contribution in [0.5, 0.6) is 0 Å². The SMILES string of the molecule is CC(O)[C@H]1CC=C2[C@]1(C)CC[C@@H]1[C@@]34CCCC[C@@H]3CC[C@@]21OC4. The van der Waals surface area contributed by atoms with Crippen LogP contribution in [0.15, 0.2) is 11.6 Å². The van der Waals surface area contributed by atoms with Crippen LogP contribution < -0.4 is 0 Å². The highest BCUT2D eigenvalue weighted by Crippen LogP contribution is 2.72. The first-order valence-corrected chi connectivity index (χ1v) is 10.1. The number of allylic oxidation sites excluding steroid dienone is 1. The van der Waals surface area contributed by atoms with Gasteiger partial charge in [-0.1, -0.05) is 25.8 Å². The quantitative estimate of drug-likeness (QED) is 0.723. The van der Waals surface area contributed by atoms with Gasteiger partial charge < -0.3 is 9.84 Å². The van der Waals surface area contributed by atoms with Crippen LogP contribution in [0, 0.1) is 28.6 Å². The minimum absolute atomic E-state index is 0.0461. The zero-order valence-corrected chi connectivity index (χ0v) is 14.8. The molecule has 23 heavy (non-hydrogen) atoms. The number of rotatable bonds is 1. The molecular formula is C21H32O2. The summed E-state index contributed by atoms with van der Waals surface area (Å²) in [5, 5.41) is 10.3. The van der Waals surface area contributed by atoms with Gasteiger partial charge in [-0.2, -0.15) is 0 Å². The first-order valence-electron chi connectivity index (χ1n) is 10.1. The minimum atomic E-state index is -0.205. The van der Waals surface area contributed by atoms with E-state index in [1.165, 1.54) is 51.4 Å². The van der Waals surface area contributed by atoms with Gasteiger partial charge in [0.15, 0.2) is 0 Å². The fourth-order valence-corrected chi connectivity index (χ4v) is 7.99. The van der Waals surface area contributed by atoms with Crippen LogP contribution in [0.3, 0.4) is 0 Å². The van der Waals surface area contributed by atoms with Crippen LogP contribution in [0.25, 0.3) is 0 Å². The summed E-state index contributed by atoms with van der Waals surface area (Å²) in [7, 11) is 0.